The molecule has 0 radical (unpaired) electrons. The molecule has 0 aromatic heterocycles. The quantitative estimate of drug-likeness (QED) is 0.439. The first-order chi connectivity index (χ1) is 16.6. The molecule has 35 heavy (non-hydrogen) atoms. The summed E-state index contributed by atoms with van der Waals surface area (Å²) >= 11 is 2.22. The Morgan fingerprint density at radius 1 is 1.06 bits per heavy atom. The number of anilines is 1. The summed E-state index contributed by atoms with van der Waals surface area (Å²) in [6.07, 6.45) is -1.07. The zero-order valence-electron chi connectivity index (χ0n) is 19.5. The number of fused-ring (bicyclic) bond motifs is 1. The molecule has 2 amide bonds. The number of carbonyl (C=O) groups is 1. The van der Waals surface area contributed by atoms with E-state index >= 15 is 0 Å². The summed E-state index contributed by atoms with van der Waals surface area (Å²) in [5, 5.41) is 24.1. The van der Waals surface area contributed by atoms with Crippen LogP contribution in [0.1, 0.15) is 11.5 Å². The molecule has 0 spiro atoms. The number of nitrogens with one attached hydrogen (secondary N) is 1. The fraction of sp³-hybridized carbons (Fsp3) is 0.458. The molecule has 2 aromatic carbocycles. The molecule has 4 rings (SSSR count). The minimum atomic E-state index is -3.30. The van der Waals surface area contributed by atoms with Gasteiger partial charge in [-0.15, -0.1) is 0 Å². The van der Waals surface area contributed by atoms with E-state index in [0.29, 0.717) is 11.4 Å². The second-order valence-corrected chi connectivity index (χ2v) is 12.6. The number of nitrogens with zero attached hydrogens (tertiary/aromatic N) is 2. The number of hydrogen-bond acceptors (Lipinski definition) is 7. The third-order valence-electron chi connectivity index (χ3n) is 6.69. The molecular formula is C24H30IN3O6S. The molecule has 2 saturated heterocycles. The highest BCUT2D eigenvalue weighted by atomic mass is 127. The molecule has 0 bridgehead atoms. The van der Waals surface area contributed by atoms with Crippen LogP contribution in [0.15, 0.2) is 48.5 Å². The van der Waals surface area contributed by atoms with Crippen molar-refractivity contribution < 1.29 is 28.2 Å². The van der Waals surface area contributed by atoms with Gasteiger partial charge in [0, 0.05) is 46.6 Å². The van der Waals surface area contributed by atoms with Crippen LogP contribution in [-0.2, 0) is 9.84 Å². The van der Waals surface area contributed by atoms with Crippen LogP contribution in [0.4, 0.5) is 10.5 Å². The highest BCUT2D eigenvalue weighted by Gasteiger charge is 2.52. The Bertz CT molecular complexity index is 1140. The number of urea groups is 1. The van der Waals surface area contributed by atoms with Crippen LogP contribution in [0.2, 0.25) is 0 Å². The summed E-state index contributed by atoms with van der Waals surface area (Å²) in [7, 11) is -1.74. The van der Waals surface area contributed by atoms with Gasteiger partial charge in [-0.1, -0.05) is 12.1 Å². The lowest BCUT2D eigenvalue weighted by molar-refractivity contribution is -0.0957. The Labute approximate surface area is 219 Å². The van der Waals surface area contributed by atoms with Crippen molar-refractivity contribution >= 4 is 44.1 Å². The number of ether oxygens (including phenoxy) is 1. The van der Waals surface area contributed by atoms with E-state index in [1.54, 1.807) is 31.4 Å². The van der Waals surface area contributed by atoms with Crippen molar-refractivity contribution in [3.8, 4) is 5.75 Å². The van der Waals surface area contributed by atoms with Crippen molar-refractivity contribution in [2.24, 2.45) is 0 Å². The minimum absolute atomic E-state index is 0.0380. The highest BCUT2D eigenvalue weighted by Crippen LogP contribution is 2.43. The molecule has 2 fully saturated rings. The second kappa shape index (κ2) is 10.6. The molecule has 2 aliphatic rings. The average molecular weight is 615 g/mol. The van der Waals surface area contributed by atoms with Gasteiger partial charge in [-0.25, -0.2) is 13.2 Å². The van der Waals surface area contributed by atoms with Crippen LogP contribution in [0, 0.1) is 3.57 Å². The highest BCUT2D eigenvalue weighted by molar-refractivity contribution is 14.1. The Kier molecular flexibility index (Phi) is 7.91. The Hall–Kier alpha value is -1.93. The van der Waals surface area contributed by atoms with Crippen molar-refractivity contribution in [2.45, 2.75) is 30.2 Å². The first kappa shape index (κ1) is 26.1. The van der Waals surface area contributed by atoms with Crippen molar-refractivity contribution in [1.82, 2.24) is 9.80 Å². The van der Waals surface area contributed by atoms with Crippen LogP contribution in [0.3, 0.4) is 0 Å². The monoisotopic (exact) mass is 615 g/mol. The molecule has 11 heteroatoms. The maximum atomic E-state index is 13.2. The molecule has 0 aliphatic carbocycles. The third kappa shape index (κ3) is 6.08. The maximum Gasteiger partial charge on any atom is 0.321 e. The van der Waals surface area contributed by atoms with Gasteiger partial charge < -0.3 is 25.2 Å². The van der Waals surface area contributed by atoms with Gasteiger partial charge in [0.05, 0.1) is 31.6 Å². The molecule has 2 heterocycles. The molecule has 5 atom stereocenters. The number of amides is 2. The van der Waals surface area contributed by atoms with E-state index < -0.39 is 28.1 Å². The molecule has 190 valence electrons. The van der Waals surface area contributed by atoms with E-state index in [-0.39, 0.29) is 43.4 Å². The van der Waals surface area contributed by atoms with E-state index in [2.05, 4.69) is 27.9 Å². The molecular weight excluding hydrogens is 585 g/mol. The zero-order chi connectivity index (χ0) is 25.3. The van der Waals surface area contributed by atoms with Gasteiger partial charge in [0.25, 0.3) is 0 Å². The summed E-state index contributed by atoms with van der Waals surface area (Å²) in [6.45, 7) is 0.382. The minimum Gasteiger partial charge on any atom is -0.497 e. The van der Waals surface area contributed by atoms with Crippen LogP contribution >= 0.6 is 22.6 Å². The third-order valence-corrected chi connectivity index (χ3v) is 8.36. The summed E-state index contributed by atoms with van der Waals surface area (Å²) in [4.78, 5) is 16.6. The molecule has 2 aromatic rings. The van der Waals surface area contributed by atoms with E-state index in [1.165, 1.54) is 11.2 Å². The topological polar surface area (TPSA) is 119 Å². The number of β-amino-alcohol motifs (C(OH)–C–C–N with tert-alkyl or cyclic N) is 1. The van der Waals surface area contributed by atoms with Crippen molar-refractivity contribution in [3.05, 3.63) is 57.7 Å². The van der Waals surface area contributed by atoms with E-state index in [9.17, 15) is 23.4 Å². The number of aliphatic hydroxyl groups is 2. The Morgan fingerprint density at radius 3 is 2.29 bits per heavy atom. The Morgan fingerprint density at radius 2 is 1.69 bits per heavy atom. The van der Waals surface area contributed by atoms with Crippen molar-refractivity contribution in [1.29, 1.82) is 0 Å². The van der Waals surface area contributed by atoms with Crippen LogP contribution in [-0.4, -0.2) is 97.5 Å². The second-order valence-electron chi connectivity index (χ2n) is 9.20. The lowest BCUT2D eigenvalue weighted by Gasteiger charge is -2.58. The normalized spacial score (nSPS) is 27.2. The molecule has 0 unspecified atom stereocenters. The van der Waals surface area contributed by atoms with Gasteiger partial charge in [-0.3, -0.25) is 4.90 Å². The number of hydrogen-bond donors (Lipinski definition) is 3. The lowest BCUT2D eigenvalue weighted by Crippen LogP contribution is -2.71. The standard InChI is InChI=1S/C24H30IN3O6S/c1-34-18-9-7-17(8-10-18)26-24(31)27-11-19-23(15-3-5-16(25)6-4-15)20(14-35(2,32)33)28(19)13-22(30)21(29)12-27/h3-10,19-23,29-30H,11-14H2,1-2H3,(H,26,31)/t19-,20+,21-,22+,23+/m0/s1. The smallest absolute Gasteiger partial charge is 0.321 e. The predicted molar refractivity (Wildman–Crippen MR) is 141 cm³/mol. The van der Waals surface area contributed by atoms with Gasteiger partial charge in [0.2, 0.25) is 0 Å². The number of rotatable bonds is 5. The average Bonchev–Trinajstić information content (AvgIpc) is 2.80. The zero-order valence-corrected chi connectivity index (χ0v) is 22.5. The van der Waals surface area contributed by atoms with Crippen LogP contribution in [0.25, 0.3) is 0 Å². The van der Waals surface area contributed by atoms with E-state index in [4.69, 9.17) is 4.74 Å². The number of carbonyl (C=O) groups excluding carboxylic acids is 1. The number of benzene rings is 2. The number of halogens is 1. The fourth-order valence-electron chi connectivity index (χ4n) is 4.97. The van der Waals surface area contributed by atoms with Crippen molar-refractivity contribution in [2.75, 3.05) is 44.1 Å². The van der Waals surface area contributed by atoms with Gasteiger partial charge in [-0.2, -0.15) is 0 Å². The lowest BCUT2D eigenvalue weighted by atomic mass is 9.74. The fourth-order valence-corrected chi connectivity index (χ4v) is 6.35. The van der Waals surface area contributed by atoms with Crippen molar-refractivity contribution in [3.63, 3.8) is 0 Å². The van der Waals surface area contributed by atoms with Gasteiger partial charge in [-0.05, 0) is 64.6 Å². The summed E-state index contributed by atoms with van der Waals surface area (Å²) in [5.41, 5.74) is 1.56. The first-order valence-corrected chi connectivity index (χ1v) is 14.4. The summed E-state index contributed by atoms with van der Waals surface area (Å²) in [6, 6.07) is 13.9. The number of aliphatic hydroxyl groups excluding tert-OH is 2. The van der Waals surface area contributed by atoms with E-state index in [0.717, 1.165) is 9.13 Å². The number of sulfone groups is 1. The van der Waals surface area contributed by atoms with Crippen LogP contribution < -0.4 is 10.1 Å². The molecule has 2 aliphatic heterocycles. The molecule has 3 N–H and O–H groups in total. The largest absolute Gasteiger partial charge is 0.497 e. The predicted octanol–water partition coefficient (Wildman–Crippen LogP) is 1.75. The first-order valence-electron chi connectivity index (χ1n) is 11.3. The summed E-state index contributed by atoms with van der Waals surface area (Å²) in [5.74, 6) is 0.455. The van der Waals surface area contributed by atoms with E-state index in [1.807, 2.05) is 29.2 Å². The maximum absolute atomic E-state index is 13.2. The molecule has 9 nitrogen and oxygen atoms in total. The van der Waals surface area contributed by atoms with Gasteiger partial charge >= 0.3 is 6.03 Å². The van der Waals surface area contributed by atoms with Gasteiger partial charge in [0.15, 0.2) is 0 Å². The number of methoxy groups -OCH3 is 1. The Balaban J connectivity index is 1.61. The van der Waals surface area contributed by atoms with Crippen LogP contribution in [0.5, 0.6) is 5.75 Å². The SMILES string of the molecule is COc1ccc(NC(=O)N2C[C@H](O)[C@H](O)CN3[C@H](CS(C)(=O)=O)[C@H](c4ccc(I)cc4)[C@@H]3C2)cc1. The van der Waals surface area contributed by atoms with Gasteiger partial charge in [0.1, 0.15) is 15.6 Å². The summed E-state index contributed by atoms with van der Waals surface area (Å²) < 4.78 is 30.7. The molecule has 0 saturated carbocycles.